The highest BCUT2D eigenvalue weighted by atomic mass is 15.1. The van der Waals surface area contributed by atoms with Gasteiger partial charge in [0.25, 0.3) is 0 Å². The molecule has 0 radical (unpaired) electrons. The molecule has 0 amide bonds. The van der Waals surface area contributed by atoms with Crippen LogP contribution < -0.4 is 5.73 Å². The summed E-state index contributed by atoms with van der Waals surface area (Å²) in [7, 11) is 2.13. The lowest BCUT2D eigenvalue weighted by Crippen LogP contribution is -2.17. The third kappa shape index (κ3) is 4.16. The Labute approximate surface area is 115 Å². The molecule has 0 unspecified atom stereocenters. The van der Waals surface area contributed by atoms with Gasteiger partial charge in [0, 0.05) is 25.8 Å². The summed E-state index contributed by atoms with van der Waals surface area (Å²) in [6, 6.07) is 12.8. The number of pyridine rings is 1. The van der Waals surface area contributed by atoms with Crippen molar-refractivity contribution in [1.82, 2.24) is 9.88 Å². The predicted octanol–water partition coefficient (Wildman–Crippen LogP) is 2.48. The molecule has 2 rings (SSSR count). The Morgan fingerprint density at radius 2 is 1.74 bits per heavy atom. The summed E-state index contributed by atoms with van der Waals surface area (Å²) >= 11 is 0. The fourth-order valence-electron chi connectivity index (χ4n) is 2.11. The average Bonchev–Trinajstić information content (AvgIpc) is 2.41. The van der Waals surface area contributed by atoms with Crippen molar-refractivity contribution in [3.05, 3.63) is 65.0 Å². The maximum Gasteiger partial charge on any atom is 0.0542 e. The molecule has 0 atom stereocenters. The van der Waals surface area contributed by atoms with E-state index in [1.54, 1.807) is 0 Å². The van der Waals surface area contributed by atoms with Gasteiger partial charge in [0.15, 0.2) is 0 Å². The van der Waals surface area contributed by atoms with Crippen LogP contribution in [0.5, 0.6) is 0 Å². The second kappa shape index (κ2) is 6.45. The van der Waals surface area contributed by atoms with Crippen molar-refractivity contribution >= 4 is 0 Å². The van der Waals surface area contributed by atoms with E-state index < -0.39 is 0 Å². The van der Waals surface area contributed by atoms with Gasteiger partial charge in [-0.15, -0.1) is 0 Å². The first-order valence-electron chi connectivity index (χ1n) is 6.55. The molecule has 0 aliphatic rings. The van der Waals surface area contributed by atoms with Crippen molar-refractivity contribution in [2.24, 2.45) is 5.73 Å². The molecule has 2 N–H and O–H groups in total. The second-order valence-electron chi connectivity index (χ2n) is 5.02. The number of aryl methyl sites for hydroxylation is 1. The van der Waals surface area contributed by atoms with Crippen LogP contribution in [0.15, 0.2) is 42.6 Å². The number of hydrogen-bond donors (Lipinski definition) is 1. The Kier molecular flexibility index (Phi) is 4.66. The maximum absolute atomic E-state index is 5.61. The van der Waals surface area contributed by atoms with Gasteiger partial charge in [0.2, 0.25) is 0 Å². The largest absolute Gasteiger partial charge is 0.325 e. The standard InChI is InChI=1S/C16H21N3/c1-13-3-5-14(6-4-13)11-19(2)12-15-7-8-18-16(9-15)10-17/h3-9H,10-12,17H2,1-2H3. The van der Waals surface area contributed by atoms with Gasteiger partial charge in [-0.05, 0) is 37.2 Å². The van der Waals surface area contributed by atoms with Gasteiger partial charge < -0.3 is 5.73 Å². The van der Waals surface area contributed by atoms with Crippen molar-refractivity contribution in [2.45, 2.75) is 26.6 Å². The summed E-state index contributed by atoms with van der Waals surface area (Å²) in [5, 5.41) is 0. The predicted molar refractivity (Wildman–Crippen MR) is 78.5 cm³/mol. The van der Waals surface area contributed by atoms with Gasteiger partial charge in [-0.1, -0.05) is 29.8 Å². The lowest BCUT2D eigenvalue weighted by Gasteiger charge is -2.17. The molecule has 100 valence electrons. The van der Waals surface area contributed by atoms with Crippen LogP contribution in [0.3, 0.4) is 0 Å². The van der Waals surface area contributed by atoms with E-state index in [1.165, 1.54) is 16.7 Å². The Bertz CT molecular complexity index is 520. The fraction of sp³-hybridized carbons (Fsp3) is 0.312. The SMILES string of the molecule is Cc1ccc(CN(C)Cc2ccnc(CN)c2)cc1. The Balaban J connectivity index is 1.96. The van der Waals surface area contributed by atoms with Crippen molar-refractivity contribution in [3.63, 3.8) is 0 Å². The van der Waals surface area contributed by atoms with E-state index >= 15 is 0 Å². The molecule has 0 bridgehead atoms. The number of aromatic nitrogens is 1. The van der Waals surface area contributed by atoms with Crippen molar-refractivity contribution in [3.8, 4) is 0 Å². The molecular weight excluding hydrogens is 234 g/mol. The van der Waals surface area contributed by atoms with Gasteiger partial charge in [-0.25, -0.2) is 0 Å². The molecule has 2 aromatic rings. The molecule has 3 nitrogen and oxygen atoms in total. The molecule has 19 heavy (non-hydrogen) atoms. The number of rotatable bonds is 5. The van der Waals surface area contributed by atoms with Crippen LogP contribution in [0.1, 0.15) is 22.4 Å². The summed E-state index contributed by atoms with van der Waals surface area (Å²) in [5.41, 5.74) is 10.4. The maximum atomic E-state index is 5.61. The van der Waals surface area contributed by atoms with Gasteiger partial charge in [-0.3, -0.25) is 9.88 Å². The van der Waals surface area contributed by atoms with Crippen LogP contribution in [0.25, 0.3) is 0 Å². The minimum absolute atomic E-state index is 0.496. The van der Waals surface area contributed by atoms with Crippen LogP contribution in [-0.4, -0.2) is 16.9 Å². The zero-order chi connectivity index (χ0) is 13.7. The number of benzene rings is 1. The molecule has 0 saturated carbocycles. The van der Waals surface area contributed by atoms with E-state index in [2.05, 4.69) is 54.2 Å². The Morgan fingerprint density at radius 3 is 2.42 bits per heavy atom. The van der Waals surface area contributed by atoms with Gasteiger partial charge in [0.05, 0.1) is 5.69 Å². The molecule has 0 fully saturated rings. The first-order chi connectivity index (χ1) is 9.17. The Morgan fingerprint density at radius 1 is 1.05 bits per heavy atom. The zero-order valence-electron chi connectivity index (χ0n) is 11.6. The minimum Gasteiger partial charge on any atom is -0.325 e. The summed E-state index contributed by atoms with van der Waals surface area (Å²) in [6.45, 7) is 4.46. The van der Waals surface area contributed by atoms with Crippen LogP contribution in [0.2, 0.25) is 0 Å². The molecule has 0 spiro atoms. The van der Waals surface area contributed by atoms with E-state index in [9.17, 15) is 0 Å². The average molecular weight is 255 g/mol. The molecule has 0 aliphatic carbocycles. The highest BCUT2D eigenvalue weighted by Crippen LogP contribution is 2.09. The van der Waals surface area contributed by atoms with Crippen molar-refractivity contribution < 1.29 is 0 Å². The molecule has 1 aromatic carbocycles. The first-order valence-corrected chi connectivity index (χ1v) is 6.55. The van der Waals surface area contributed by atoms with Crippen LogP contribution >= 0.6 is 0 Å². The first kappa shape index (κ1) is 13.7. The lowest BCUT2D eigenvalue weighted by atomic mass is 10.1. The van der Waals surface area contributed by atoms with Crippen LogP contribution in [-0.2, 0) is 19.6 Å². The van der Waals surface area contributed by atoms with E-state index in [-0.39, 0.29) is 0 Å². The second-order valence-corrected chi connectivity index (χ2v) is 5.02. The molecule has 0 saturated heterocycles. The van der Waals surface area contributed by atoms with Crippen molar-refractivity contribution in [2.75, 3.05) is 7.05 Å². The third-order valence-electron chi connectivity index (χ3n) is 3.12. The van der Waals surface area contributed by atoms with E-state index in [4.69, 9.17) is 5.73 Å². The summed E-state index contributed by atoms with van der Waals surface area (Å²) in [4.78, 5) is 6.51. The normalized spacial score (nSPS) is 10.9. The number of nitrogens with zero attached hydrogens (tertiary/aromatic N) is 2. The van der Waals surface area contributed by atoms with E-state index in [0.29, 0.717) is 6.54 Å². The topological polar surface area (TPSA) is 42.2 Å². The Hall–Kier alpha value is -1.71. The van der Waals surface area contributed by atoms with Gasteiger partial charge in [0.1, 0.15) is 0 Å². The molecule has 1 aromatic heterocycles. The molecular formula is C16H21N3. The fourth-order valence-corrected chi connectivity index (χ4v) is 2.11. The summed E-state index contributed by atoms with van der Waals surface area (Å²) in [6.07, 6.45) is 1.83. The van der Waals surface area contributed by atoms with Crippen LogP contribution in [0.4, 0.5) is 0 Å². The lowest BCUT2D eigenvalue weighted by molar-refractivity contribution is 0.319. The molecule has 0 aliphatic heterocycles. The monoisotopic (exact) mass is 255 g/mol. The minimum atomic E-state index is 0.496. The number of hydrogen-bond acceptors (Lipinski definition) is 3. The van der Waals surface area contributed by atoms with Crippen molar-refractivity contribution in [1.29, 1.82) is 0 Å². The van der Waals surface area contributed by atoms with Gasteiger partial charge in [-0.2, -0.15) is 0 Å². The molecule has 3 heteroatoms. The number of nitrogens with two attached hydrogens (primary N) is 1. The quantitative estimate of drug-likeness (QED) is 0.892. The summed E-state index contributed by atoms with van der Waals surface area (Å²) < 4.78 is 0. The van der Waals surface area contributed by atoms with Gasteiger partial charge >= 0.3 is 0 Å². The van der Waals surface area contributed by atoms with E-state index in [1.807, 2.05) is 12.3 Å². The van der Waals surface area contributed by atoms with E-state index in [0.717, 1.165) is 18.8 Å². The molecule has 1 heterocycles. The third-order valence-corrected chi connectivity index (χ3v) is 3.12. The smallest absolute Gasteiger partial charge is 0.0542 e. The van der Waals surface area contributed by atoms with Crippen LogP contribution in [0, 0.1) is 6.92 Å². The summed E-state index contributed by atoms with van der Waals surface area (Å²) in [5.74, 6) is 0. The highest BCUT2D eigenvalue weighted by molar-refractivity contribution is 5.21. The highest BCUT2D eigenvalue weighted by Gasteiger charge is 2.03. The zero-order valence-corrected chi connectivity index (χ0v) is 11.6.